The molecule has 1 unspecified atom stereocenters. The van der Waals surface area contributed by atoms with E-state index in [-0.39, 0.29) is 28.0 Å². The van der Waals surface area contributed by atoms with Gasteiger partial charge < -0.3 is 9.52 Å². The molecule has 1 aliphatic heterocycles. The fourth-order valence-corrected chi connectivity index (χ4v) is 5.21. The van der Waals surface area contributed by atoms with Crippen molar-refractivity contribution in [3.05, 3.63) is 16.5 Å². The van der Waals surface area contributed by atoms with Gasteiger partial charge in [-0.3, -0.25) is 4.90 Å². The fraction of sp³-hybridized carbons (Fsp3) is 0.692. The molecule has 0 bridgehead atoms. The summed E-state index contributed by atoms with van der Waals surface area (Å²) in [7, 11) is -3.59. The summed E-state index contributed by atoms with van der Waals surface area (Å²) in [6.45, 7) is 6.68. The number of aliphatic hydroxyl groups is 1. The van der Waals surface area contributed by atoms with Crippen LogP contribution in [0.2, 0.25) is 0 Å². The van der Waals surface area contributed by atoms with Crippen LogP contribution in [0, 0.1) is 0 Å². The predicted molar refractivity (Wildman–Crippen MR) is 82.4 cm³/mol. The molecule has 0 amide bonds. The Labute approximate surface area is 133 Å². The lowest BCUT2D eigenvalue weighted by Gasteiger charge is -2.25. The van der Waals surface area contributed by atoms with Crippen molar-refractivity contribution in [3.63, 3.8) is 0 Å². The van der Waals surface area contributed by atoms with Crippen molar-refractivity contribution in [2.24, 2.45) is 0 Å². The van der Waals surface area contributed by atoms with Crippen LogP contribution in [0.4, 0.5) is 0 Å². The number of hydrogen-bond donors (Lipinski definition) is 1. The maximum Gasteiger partial charge on any atom is 0.247 e. The van der Waals surface area contributed by atoms with Gasteiger partial charge >= 0.3 is 0 Å². The maximum absolute atomic E-state index is 12.7. The Morgan fingerprint density at radius 1 is 1.48 bits per heavy atom. The summed E-state index contributed by atoms with van der Waals surface area (Å²) in [5, 5.41) is 9.06. The number of rotatable bonds is 6. The summed E-state index contributed by atoms with van der Waals surface area (Å²) in [4.78, 5) is 2.37. The Morgan fingerprint density at radius 2 is 2.14 bits per heavy atom. The lowest BCUT2D eigenvalue weighted by atomic mass is 10.2. The summed E-state index contributed by atoms with van der Waals surface area (Å²) in [5.41, 5.74) is 0. The highest BCUT2D eigenvalue weighted by Crippen LogP contribution is 2.31. The van der Waals surface area contributed by atoms with Gasteiger partial charge in [0.05, 0.1) is 0 Å². The van der Waals surface area contributed by atoms with Crippen LogP contribution >= 0.6 is 15.9 Å². The number of halogens is 1. The van der Waals surface area contributed by atoms with E-state index in [1.807, 2.05) is 0 Å². The van der Waals surface area contributed by atoms with Crippen molar-refractivity contribution >= 4 is 26.0 Å². The van der Waals surface area contributed by atoms with Crippen LogP contribution < -0.4 is 0 Å². The molecule has 0 saturated carbocycles. The van der Waals surface area contributed by atoms with Gasteiger partial charge in [-0.05, 0) is 35.4 Å². The quantitative estimate of drug-likeness (QED) is 0.811. The van der Waals surface area contributed by atoms with E-state index < -0.39 is 10.0 Å². The molecule has 0 aromatic carbocycles. The van der Waals surface area contributed by atoms with E-state index in [1.54, 1.807) is 0 Å². The van der Waals surface area contributed by atoms with Crippen LogP contribution in [0.5, 0.6) is 0 Å². The molecule has 1 N–H and O–H groups in total. The summed E-state index contributed by atoms with van der Waals surface area (Å²) in [5.74, 6) is 0.236. The second-order valence-corrected chi connectivity index (χ2v) is 7.66. The normalized spacial score (nSPS) is 20.5. The zero-order chi connectivity index (χ0) is 15.6. The molecule has 1 fully saturated rings. The smallest absolute Gasteiger partial charge is 0.247 e. The van der Waals surface area contributed by atoms with Crippen molar-refractivity contribution in [3.8, 4) is 0 Å². The molecule has 1 aromatic rings. The monoisotopic (exact) mass is 380 g/mol. The molecule has 6 nitrogen and oxygen atoms in total. The largest absolute Gasteiger partial charge is 0.450 e. The average Bonchev–Trinajstić information content (AvgIpc) is 3.07. The molecule has 0 radical (unpaired) electrons. The Bertz CT molecular complexity index is 583. The van der Waals surface area contributed by atoms with Crippen molar-refractivity contribution in [1.29, 1.82) is 0 Å². The Balaban J connectivity index is 2.19. The van der Waals surface area contributed by atoms with Gasteiger partial charge in [-0.25, -0.2) is 8.42 Å². The first kappa shape index (κ1) is 17.0. The van der Waals surface area contributed by atoms with Crippen molar-refractivity contribution in [2.75, 3.05) is 26.2 Å². The second-order valence-electron chi connectivity index (χ2n) is 5.04. The van der Waals surface area contributed by atoms with E-state index in [0.717, 1.165) is 19.5 Å². The number of likely N-dealkylation sites (N-methyl/N-ethyl adjacent to an activating group) is 1. The molecule has 1 saturated heterocycles. The van der Waals surface area contributed by atoms with E-state index >= 15 is 0 Å². The number of hydrogen-bond acceptors (Lipinski definition) is 5. The first-order valence-electron chi connectivity index (χ1n) is 7.07. The Hall–Kier alpha value is -0.410. The highest BCUT2D eigenvalue weighted by atomic mass is 79.9. The van der Waals surface area contributed by atoms with Gasteiger partial charge in [0, 0.05) is 25.2 Å². The van der Waals surface area contributed by atoms with Crippen molar-refractivity contribution < 1.29 is 17.9 Å². The van der Waals surface area contributed by atoms with Crippen LogP contribution in [-0.2, 0) is 16.6 Å². The minimum atomic E-state index is -3.59. The first-order valence-corrected chi connectivity index (χ1v) is 9.30. The third-order valence-corrected chi connectivity index (χ3v) is 6.66. The topological polar surface area (TPSA) is 74.0 Å². The third kappa shape index (κ3) is 3.34. The molecule has 1 aromatic heterocycles. The van der Waals surface area contributed by atoms with E-state index in [1.165, 1.54) is 10.4 Å². The summed E-state index contributed by atoms with van der Waals surface area (Å²) in [6.07, 6.45) is 0.837. The lowest BCUT2D eigenvalue weighted by molar-refractivity contribution is 0.224. The molecule has 1 atom stereocenters. The molecule has 2 heterocycles. The summed E-state index contributed by atoms with van der Waals surface area (Å²) >= 11 is 3.12. The minimum Gasteiger partial charge on any atom is -0.450 e. The molecule has 21 heavy (non-hydrogen) atoms. The zero-order valence-corrected chi connectivity index (χ0v) is 14.7. The van der Waals surface area contributed by atoms with Gasteiger partial charge in [0.2, 0.25) is 10.0 Å². The van der Waals surface area contributed by atoms with Crippen LogP contribution in [0.3, 0.4) is 0 Å². The zero-order valence-electron chi connectivity index (χ0n) is 12.2. The average molecular weight is 381 g/mol. The SMILES string of the molecule is CCN(CC)C1CCN(S(=O)(=O)c2cc(CO)oc2Br)C1. The van der Waals surface area contributed by atoms with E-state index in [9.17, 15) is 8.42 Å². The molecule has 8 heteroatoms. The first-order chi connectivity index (χ1) is 9.93. The highest BCUT2D eigenvalue weighted by molar-refractivity contribution is 9.10. The van der Waals surface area contributed by atoms with E-state index in [4.69, 9.17) is 9.52 Å². The molecular formula is C13H21BrN2O4S. The van der Waals surface area contributed by atoms with E-state index in [0.29, 0.717) is 13.1 Å². The predicted octanol–water partition coefficient (Wildman–Crippen LogP) is 1.64. The number of furan rings is 1. The molecule has 0 aliphatic carbocycles. The second kappa shape index (κ2) is 6.78. The third-order valence-electron chi connectivity index (χ3n) is 3.94. The van der Waals surface area contributed by atoms with Gasteiger partial charge in [-0.15, -0.1) is 0 Å². The fourth-order valence-electron chi connectivity index (χ4n) is 2.76. The van der Waals surface area contributed by atoms with Gasteiger partial charge in [-0.2, -0.15) is 4.31 Å². The standard InChI is InChI=1S/C13H21BrN2O4S/c1-3-15(4-2)10-5-6-16(8-10)21(18,19)12-7-11(9-17)20-13(12)14/h7,10,17H,3-6,8-9H2,1-2H3. The Kier molecular flexibility index (Phi) is 5.48. The lowest BCUT2D eigenvalue weighted by Crippen LogP contribution is -2.38. The highest BCUT2D eigenvalue weighted by Gasteiger charge is 2.36. The minimum absolute atomic E-state index is 0.0896. The molecule has 0 spiro atoms. The van der Waals surface area contributed by atoms with Gasteiger partial charge in [-0.1, -0.05) is 13.8 Å². The molecule has 2 rings (SSSR count). The number of sulfonamides is 1. The number of aliphatic hydroxyl groups excluding tert-OH is 1. The van der Waals surface area contributed by atoms with Crippen molar-refractivity contribution in [2.45, 2.75) is 37.8 Å². The summed E-state index contributed by atoms with van der Waals surface area (Å²) < 4.78 is 32.2. The van der Waals surface area contributed by atoms with Crippen LogP contribution in [0.25, 0.3) is 0 Å². The van der Waals surface area contributed by atoms with Crippen LogP contribution in [0.1, 0.15) is 26.0 Å². The Morgan fingerprint density at radius 3 is 2.67 bits per heavy atom. The van der Waals surface area contributed by atoms with Crippen LogP contribution in [-0.4, -0.2) is 55.0 Å². The maximum atomic E-state index is 12.7. The molecular weight excluding hydrogens is 360 g/mol. The van der Waals surface area contributed by atoms with Crippen LogP contribution in [0.15, 0.2) is 20.0 Å². The van der Waals surface area contributed by atoms with Gasteiger partial charge in [0.25, 0.3) is 0 Å². The van der Waals surface area contributed by atoms with Crippen molar-refractivity contribution in [1.82, 2.24) is 9.21 Å². The number of nitrogens with zero attached hydrogens (tertiary/aromatic N) is 2. The van der Waals surface area contributed by atoms with Gasteiger partial charge in [0.1, 0.15) is 17.3 Å². The molecule has 120 valence electrons. The molecule has 1 aliphatic rings. The van der Waals surface area contributed by atoms with E-state index in [2.05, 4.69) is 34.7 Å². The van der Waals surface area contributed by atoms with Gasteiger partial charge in [0.15, 0.2) is 4.67 Å². The summed E-state index contributed by atoms with van der Waals surface area (Å²) in [6, 6.07) is 1.64.